The van der Waals surface area contributed by atoms with Crippen molar-refractivity contribution in [2.24, 2.45) is 0 Å². The molecule has 3 aromatic rings. The highest BCUT2D eigenvalue weighted by molar-refractivity contribution is 7.17. The second-order valence-electron chi connectivity index (χ2n) is 4.35. The maximum atomic E-state index is 13.7. The average molecular weight is 305 g/mol. The molecule has 3 rings (SSSR count). The molecule has 5 nitrogen and oxygen atoms in total. The van der Waals surface area contributed by atoms with Crippen LogP contribution in [0.15, 0.2) is 34.4 Å². The van der Waals surface area contributed by atoms with Gasteiger partial charge in [0.15, 0.2) is 0 Å². The van der Waals surface area contributed by atoms with Gasteiger partial charge >= 0.3 is 0 Å². The molecule has 0 unspecified atom stereocenters. The fourth-order valence-corrected chi connectivity index (χ4v) is 2.68. The van der Waals surface area contributed by atoms with Gasteiger partial charge in [0.05, 0.1) is 24.9 Å². The van der Waals surface area contributed by atoms with Gasteiger partial charge in [0.1, 0.15) is 22.1 Å². The molecule has 0 aliphatic heterocycles. The van der Waals surface area contributed by atoms with E-state index in [1.807, 2.05) is 5.38 Å². The van der Waals surface area contributed by atoms with Crippen molar-refractivity contribution in [3.63, 3.8) is 0 Å². The molecule has 0 spiro atoms. The zero-order valence-corrected chi connectivity index (χ0v) is 12.0. The standard InChI is InChI=1S/C14H12FN3O2S/c1-20-8-2-3-9(15)11(6-8)16-7-12-17-10-4-5-21-13(10)14(19)18-12/h2-6,16H,7H2,1H3,(H,17,18,19). The molecule has 0 radical (unpaired) electrons. The summed E-state index contributed by atoms with van der Waals surface area (Å²) in [5.74, 6) is 0.608. The van der Waals surface area contributed by atoms with Crippen molar-refractivity contribution in [2.45, 2.75) is 6.54 Å². The lowest BCUT2D eigenvalue weighted by Gasteiger charge is -2.09. The Bertz CT molecular complexity index is 844. The van der Waals surface area contributed by atoms with Crippen LogP contribution in [0.25, 0.3) is 10.2 Å². The lowest BCUT2D eigenvalue weighted by molar-refractivity contribution is 0.414. The highest BCUT2D eigenvalue weighted by Gasteiger charge is 2.07. The SMILES string of the molecule is COc1ccc(F)c(NCc2nc3ccsc3c(=O)[nH]2)c1. The van der Waals surface area contributed by atoms with Crippen molar-refractivity contribution in [3.05, 3.63) is 51.6 Å². The maximum absolute atomic E-state index is 13.7. The van der Waals surface area contributed by atoms with Crippen LogP contribution in [-0.2, 0) is 6.54 Å². The van der Waals surface area contributed by atoms with E-state index in [1.165, 1.54) is 30.6 Å². The quantitative estimate of drug-likeness (QED) is 0.778. The van der Waals surface area contributed by atoms with Crippen LogP contribution in [0.2, 0.25) is 0 Å². The van der Waals surface area contributed by atoms with E-state index in [9.17, 15) is 9.18 Å². The summed E-state index contributed by atoms with van der Waals surface area (Å²) in [6.07, 6.45) is 0. The summed E-state index contributed by atoms with van der Waals surface area (Å²) < 4.78 is 19.3. The molecule has 0 saturated carbocycles. The van der Waals surface area contributed by atoms with Crippen LogP contribution in [-0.4, -0.2) is 17.1 Å². The van der Waals surface area contributed by atoms with Crippen LogP contribution in [0.3, 0.4) is 0 Å². The van der Waals surface area contributed by atoms with Crippen LogP contribution in [0.5, 0.6) is 5.75 Å². The average Bonchev–Trinajstić information content (AvgIpc) is 2.95. The third kappa shape index (κ3) is 2.73. The number of hydrogen-bond donors (Lipinski definition) is 2. The zero-order chi connectivity index (χ0) is 14.8. The minimum atomic E-state index is -0.394. The van der Waals surface area contributed by atoms with Gasteiger partial charge in [-0.15, -0.1) is 11.3 Å². The fourth-order valence-electron chi connectivity index (χ4n) is 1.95. The number of halogens is 1. The lowest BCUT2D eigenvalue weighted by Crippen LogP contribution is -2.13. The third-order valence-corrected chi connectivity index (χ3v) is 3.89. The molecule has 21 heavy (non-hydrogen) atoms. The number of H-pyrrole nitrogens is 1. The van der Waals surface area contributed by atoms with E-state index in [1.54, 1.807) is 12.1 Å². The Morgan fingerprint density at radius 3 is 3.10 bits per heavy atom. The van der Waals surface area contributed by atoms with Crippen molar-refractivity contribution in [2.75, 3.05) is 12.4 Å². The first kappa shape index (κ1) is 13.6. The van der Waals surface area contributed by atoms with Crippen LogP contribution in [0.4, 0.5) is 10.1 Å². The van der Waals surface area contributed by atoms with E-state index in [4.69, 9.17) is 4.74 Å². The Labute approximate surface area is 123 Å². The van der Waals surface area contributed by atoms with Crippen LogP contribution in [0, 0.1) is 5.82 Å². The molecular formula is C14H12FN3O2S. The molecule has 0 aliphatic rings. The van der Waals surface area contributed by atoms with E-state index in [2.05, 4.69) is 15.3 Å². The van der Waals surface area contributed by atoms with Crippen molar-refractivity contribution in [1.29, 1.82) is 0 Å². The number of aromatic nitrogens is 2. The number of benzene rings is 1. The number of methoxy groups -OCH3 is 1. The molecule has 0 amide bonds. The summed E-state index contributed by atoms with van der Waals surface area (Å²) in [6, 6.07) is 6.19. The number of rotatable bonds is 4. The van der Waals surface area contributed by atoms with Gasteiger partial charge in [-0.25, -0.2) is 9.37 Å². The Morgan fingerprint density at radius 1 is 1.43 bits per heavy atom. The van der Waals surface area contributed by atoms with Gasteiger partial charge in [-0.05, 0) is 23.6 Å². The van der Waals surface area contributed by atoms with E-state index < -0.39 is 5.82 Å². The molecule has 0 fully saturated rings. The molecule has 7 heteroatoms. The molecule has 2 N–H and O–H groups in total. The fraction of sp³-hybridized carbons (Fsp3) is 0.143. The zero-order valence-electron chi connectivity index (χ0n) is 11.1. The molecular weight excluding hydrogens is 293 g/mol. The number of aromatic amines is 1. The van der Waals surface area contributed by atoms with E-state index in [-0.39, 0.29) is 12.1 Å². The molecule has 2 heterocycles. The maximum Gasteiger partial charge on any atom is 0.268 e. The van der Waals surface area contributed by atoms with Crippen LogP contribution >= 0.6 is 11.3 Å². The number of fused-ring (bicyclic) bond motifs is 1. The van der Waals surface area contributed by atoms with Crippen molar-refractivity contribution < 1.29 is 9.13 Å². The number of ether oxygens (including phenoxy) is 1. The van der Waals surface area contributed by atoms with Gasteiger partial charge in [0.25, 0.3) is 5.56 Å². The van der Waals surface area contributed by atoms with E-state index in [0.717, 1.165) is 0 Å². The first-order valence-corrected chi connectivity index (χ1v) is 7.09. The molecule has 0 aliphatic carbocycles. The molecule has 0 bridgehead atoms. The third-order valence-electron chi connectivity index (χ3n) is 2.98. The van der Waals surface area contributed by atoms with Gasteiger partial charge in [-0.3, -0.25) is 4.79 Å². The second kappa shape index (κ2) is 5.53. The van der Waals surface area contributed by atoms with E-state index in [0.29, 0.717) is 27.5 Å². The summed E-state index contributed by atoms with van der Waals surface area (Å²) in [5, 5.41) is 4.72. The molecule has 1 aromatic carbocycles. The molecule has 0 atom stereocenters. The predicted molar refractivity (Wildman–Crippen MR) is 80.5 cm³/mol. The minimum Gasteiger partial charge on any atom is -0.497 e. The minimum absolute atomic E-state index is 0.182. The van der Waals surface area contributed by atoms with E-state index >= 15 is 0 Å². The molecule has 2 aromatic heterocycles. The predicted octanol–water partition coefficient (Wildman–Crippen LogP) is 2.74. The first-order valence-electron chi connectivity index (χ1n) is 6.21. The summed E-state index contributed by atoms with van der Waals surface area (Å²) in [4.78, 5) is 18.8. The Hall–Kier alpha value is -2.41. The summed E-state index contributed by atoms with van der Waals surface area (Å²) in [5.41, 5.74) is 0.756. The van der Waals surface area contributed by atoms with Crippen LogP contribution in [0.1, 0.15) is 5.82 Å². The first-order chi connectivity index (χ1) is 10.2. The van der Waals surface area contributed by atoms with Crippen molar-refractivity contribution in [1.82, 2.24) is 9.97 Å². The second-order valence-corrected chi connectivity index (χ2v) is 5.26. The molecule has 0 saturated heterocycles. The normalized spacial score (nSPS) is 10.8. The smallest absolute Gasteiger partial charge is 0.268 e. The highest BCUT2D eigenvalue weighted by atomic mass is 32.1. The Kier molecular flexibility index (Phi) is 3.57. The lowest BCUT2D eigenvalue weighted by atomic mass is 10.3. The van der Waals surface area contributed by atoms with Crippen molar-refractivity contribution in [3.8, 4) is 5.75 Å². The van der Waals surface area contributed by atoms with Crippen LogP contribution < -0.4 is 15.6 Å². The Balaban J connectivity index is 1.84. The Morgan fingerprint density at radius 2 is 2.29 bits per heavy atom. The van der Waals surface area contributed by atoms with Gasteiger partial charge in [-0.1, -0.05) is 0 Å². The number of hydrogen-bond acceptors (Lipinski definition) is 5. The number of anilines is 1. The topological polar surface area (TPSA) is 67.0 Å². The van der Waals surface area contributed by atoms with Crippen molar-refractivity contribution >= 4 is 27.2 Å². The highest BCUT2D eigenvalue weighted by Crippen LogP contribution is 2.21. The number of thiophene rings is 1. The number of nitrogens with zero attached hydrogens (tertiary/aromatic N) is 1. The largest absolute Gasteiger partial charge is 0.497 e. The summed E-state index contributed by atoms with van der Waals surface area (Å²) >= 11 is 1.34. The monoisotopic (exact) mass is 305 g/mol. The van der Waals surface area contributed by atoms with Gasteiger partial charge < -0.3 is 15.0 Å². The van der Waals surface area contributed by atoms with Gasteiger partial charge in [-0.2, -0.15) is 0 Å². The van der Waals surface area contributed by atoms with Gasteiger partial charge in [0, 0.05) is 6.07 Å². The number of nitrogens with one attached hydrogen (secondary N) is 2. The summed E-state index contributed by atoms with van der Waals surface area (Å²) in [7, 11) is 1.51. The van der Waals surface area contributed by atoms with Gasteiger partial charge in [0.2, 0.25) is 0 Å². The summed E-state index contributed by atoms with van der Waals surface area (Å²) in [6.45, 7) is 0.213. The molecule has 108 valence electrons.